The van der Waals surface area contributed by atoms with E-state index in [1.54, 1.807) is 16.8 Å². The highest BCUT2D eigenvalue weighted by Crippen LogP contribution is 2.35. The maximum atomic E-state index is 13.5. The number of fused-ring (bicyclic) bond motifs is 3. The Morgan fingerprint density at radius 1 is 1.15 bits per heavy atom. The van der Waals surface area contributed by atoms with Gasteiger partial charge in [0.05, 0.1) is 6.54 Å². The SMILES string of the molecule is CN(CC1CCC(C(=O)N2Cc3[nH]c4ccccc4c3C[C@H]2C(N)=O)CC1)C(=O)OC(C)(C)C. The quantitative estimate of drug-likeness (QED) is 0.715. The van der Waals surface area contributed by atoms with Crippen LogP contribution in [0.2, 0.25) is 0 Å². The average molecular weight is 469 g/mol. The number of H-pyrrole nitrogens is 1. The van der Waals surface area contributed by atoms with Crippen LogP contribution in [0.1, 0.15) is 57.7 Å². The van der Waals surface area contributed by atoms with Crippen LogP contribution < -0.4 is 5.73 Å². The minimum absolute atomic E-state index is 0.00653. The fraction of sp³-hybridized carbons (Fsp3) is 0.577. The van der Waals surface area contributed by atoms with Crippen LogP contribution >= 0.6 is 0 Å². The summed E-state index contributed by atoms with van der Waals surface area (Å²) >= 11 is 0. The number of carbonyl (C=O) groups is 3. The molecule has 1 aromatic heterocycles. The molecule has 3 N–H and O–H groups in total. The predicted molar refractivity (Wildman–Crippen MR) is 130 cm³/mol. The topological polar surface area (TPSA) is 109 Å². The van der Waals surface area contributed by atoms with Gasteiger partial charge in [-0.15, -0.1) is 0 Å². The molecule has 34 heavy (non-hydrogen) atoms. The lowest BCUT2D eigenvalue weighted by Gasteiger charge is -2.38. The Hall–Kier alpha value is -3.03. The number of nitrogens with two attached hydrogens (primary N) is 1. The lowest BCUT2D eigenvalue weighted by molar-refractivity contribution is -0.145. The van der Waals surface area contributed by atoms with E-state index in [4.69, 9.17) is 10.5 Å². The molecule has 2 aliphatic rings. The number of ether oxygens (including phenoxy) is 1. The Kier molecular flexibility index (Phi) is 6.60. The first-order valence-electron chi connectivity index (χ1n) is 12.2. The highest BCUT2D eigenvalue weighted by molar-refractivity contribution is 5.91. The van der Waals surface area contributed by atoms with Gasteiger partial charge >= 0.3 is 6.09 Å². The number of hydrogen-bond acceptors (Lipinski definition) is 4. The summed E-state index contributed by atoms with van der Waals surface area (Å²) in [4.78, 5) is 44.8. The zero-order valence-corrected chi connectivity index (χ0v) is 20.6. The van der Waals surface area contributed by atoms with Crippen LogP contribution in [0, 0.1) is 11.8 Å². The van der Waals surface area contributed by atoms with Crippen LogP contribution in [0.3, 0.4) is 0 Å². The first-order valence-corrected chi connectivity index (χ1v) is 12.2. The third kappa shape index (κ3) is 5.05. The molecular formula is C26H36N4O4. The van der Waals surface area contributed by atoms with E-state index < -0.39 is 17.6 Å². The highest BCUT2D eigenvalue weighted by Gasteiger charge is 2.39. The van der Waals surface area contributed by atoms with Crippen LogP contribution in [0.25, 0.3) is 10.9 Å². The van der Waals surface area contributed by atoms with Gasteiger partial charge in [-0.1, -0.05) is 18.2 Å². The third-order valence-electron chi connectivity index (χ3n) is 7.05. The fourth-order valence-electron chi connectivity index (χ4n) is 5.32. The van der Waals surface area contributed by atoms with Crippen molar-refractivity contribution in [3.8, 4) is 0 Å². The Morgan fingerprint density at radius 3 is 2.47 bits per heavy atom. The molecular weight excluding hydrogens is 432 g/mol. The first kappa shape index (κ1) is 24.1. The molecule has 2 aromatic rings. The van der Waals surface area contributed by atoms with Crippen molar-refractivity contribution in [1.29, 1.82) is 0 Å². The van der Waals surface area contributed by atoms with Gasteiger partial charge in [0.15, 0.2) is 0 Å². The lowest BCUT2D eigenvalue weighted by atomic mass is 9.80. The van der Waals surface area contributed by atoms with Crippen LogP contribution in [0.5, 0.6) is 0 Å². The molecule has 0 radical (unpaired) electrons. The van der Waals surface area contributed by atoms with Gasteiger partial charge in [0, 0.05) is 42.5 Å². The second-order valence-electron chi connectivity index (χ2n) is 10.8. The van der Waals surface area contributed by atoms with E-state index in [1.165, 1.54) is 0 Å². The number of carbonyl (C=O) groups excluding carboxylic acids is 3. The number of amides is 3. The Labute approximate surface area is 200 Å². The number of aromatic amines is 1. The van der Waals surface area contributed by atoms with Crippen molar-refractivity contribution in [2.75, 3.05) is 13.6 Å². The van der Waals surface area contributed by atoms with E-state index in [2.05, 4.69) is 4.98 Å². The summed E-state index contributed by atoms with van der Waals surface area (Å²) in [5, 5.41) is 1.09. The lowest BCUT2D eigenvalue weighted by Crippen LogP contribution is -2.53. The van der Waals surface area contributed by atoms with E-state index in [-0.39, 0.29) is 17.9 Å². The van der Waals surface area contributed by atoms with Crippen LogP contribution in [0.4, 0.5) is 4.79 Å². The van der Waals surface area contributed by atoms with E-state index >= 15 is 0 Å². The summed E-state index contributed by atoms with van der Waals surface area (Å²) in [5.74, 6) is -0.255. The monoisotopic (exact) mass is 468 g/mol. The largest absolute Gasteiger partial charge is 0.444 e. The first-order chi connectivity index (χ1) is 16.0. The second kappa shape index (κ2) is 9.31. The summed E-state index contributed by atoms with van der Waals surface area (Å²) in [6.07, 6.45) is 3.32. The predicted octanol–water partition coefficient (Wildman–Crippen LogP) is 3.58. The van der Waals surface area contributed by atoms with Crippen LogP contribution in [-0.2, 0) is 27.3 Å². The third-order valence-corrected chi connectivity index (χ3v) is 7.05. The molecule has 1 aliphatic carbocycles. The number of hydrogen-bond donors (Lipinski definition) is 2. The molecule has 2 heterocycles. The molecule has 1 aromatic carbocycles. The van der Waals surface area contributed by atoms with Crippen molar-refractivity contribution in [3.63, 3.8) is 0 Å². The Bertz CT molecular complexity index is 1080. The van der Waals surface area contributed by atoms with E-state index in [0.717, 1.165) is 47.8 Å². The molecule has 8 heteroatoms. The molecule has 0 spiro atoms. The van der Waals surface area contributed by atoms with Crippen molar-refractivity contribution in [3.05, 3.63) is 35.5 Å². The highest BCUT2D eigenvalue weighted by atomic mass is 16.6. The van der Waals surface area contributed by atoms with Crippen molar-refractivity contribution in [2.24, 2.45) is 17.6 Å². The van der Waals surface area contributed by atoms with Gasteiger partial charge in [0.1, 0.15) is 11.6 Å². The van der Waals surface area contributed by atoms with E-state index in [9.17, 15) is 14.4 Å². The van der Waals surface area contributed by atoms with Crippen LogP contribution in [0.15, 0.2) is 24.3 Å². The molecule has 0 unspecified atom stereocenters. The van der Waals surface area contributed by atoms with Gasteiger partial charge in [0.2, 0.25) is 11.8 Å². The maximum absolute atomic E-state index is 13.5. The molecule has 0 bridgehead atoms. The summed E-state index contributed by atoms with van der Waals surface area (Å²) in [6.45, 7) is 6.55. The van der Waals surface area contributed by atoms with Gasteiger partial charge in [0.25, 0.3) is 0 Å². The molecule has 4 rings (SSSR count). The van der Waals surface area contributed by atoms with Crippen LogP contribution in [-0.4, -0.2) is 57.9 Å². The Morgan fingerprint density at radius 2 is 1.82 bits per heavy atom. The zero-order chi connectivity index (χ0) is 24.6. The molecule has 3 amide bonds. The smallest absolute Gasteiger partial charge is 0.410 e. The molecule has 184 valence electrons. The fourth-order valence-corrected chi connectivity index (χ4v) is 5.32. The molecule has 1 atom stereocenters. The number of aromatic nitrogens is 1. The van der Waals surface area contributed by atoms with E-state index in [1.807, 2.05) is 45.0 Å². The molecule has 0 saturated heterocycles. The number of benzene rings is 1. The van der Waals surface area contributed by atoms with Gasteiger partial charge in [-0.25, -0.2) is 4.79 Å². The molecule has 1 aliphatic heterocycles. The van der Waals surface area contributed by atoms with Crippen molar-refractivity contribution < 1.29 is 19.1 Å². The summed E-state index contributed by atoms with van der Waals surface area (Å²) in [6, 6.07) is 7.36. The maximum Gasteiger partial charge on any atom is 0.410 e. The minimum Gasteiger partial charge on any atom is -0.444 e. The van der Waals surface area contributed by atoms with E-state index in [0.29, 0.717) is 25.4 Å². The van der Waals surface area contributed by atoms with Crippen molar-refractivity contribution in [1.82, 2.24) is 14.8 Å². The summed E-state index contributed by atoms with van der Waals surface area (Å²) < 4.78 is 5.44. The number of nitrogens with one attached hydrogen (secondary N) is 1. The zero-order valence-electron chi connectivity index (χ0n) is 20.6. The number of rotatable bonds is 4. The summed E-state index contributed by atoms with van der Waals surface area (Å²) in [7, 11) is 1.76. The molecule has 1 fully saturated rings. The number of nitrogens with zero attached hydrogens (tertiary/aromatic N) is 2. The number of primary amides is 1. The van der Waals surface area contributed by atoms with Gasteiger partial charge in [-0.05, 0) is 64.0 Å². The van der Waals surface area contributed by atoms with Crippen molar-refractivity contribution >= 4 is 28.8 Å². The second-order valence-corrected chi connectivity index (χ2v) is 10.8. The normalized spacial score (nSPS) is 22.8. The molecule has 8 nitrogen and oxygen atoms in total. The Balaban J connectivity index is 1.39. The summed E-state index contributed by atoms with van der Waals surface area (Å²) in [5.41, 5.74) is 8.31. The number of para-hydroxylation sites is 1. The average Bonchev–Trinajstić information content (AvgIpc) is 3.14. The van der Waals surface area contributed by atoms with Crippen molar-refractivity contribution in [2.45, 2.75) is 71.1 Å². The van der Waals surface area contributed by atoms with Gasteiger partial charge in [-0.3, -0.25) is 9.59 Å². The molecule has 1 saturated carbocycles. The standard InChI is InChI=1S/C26H36N4O4/c1-26(2,3)34-25(33)29(4)14-16-9-11-17(12-10-16)24(32)30-15-21-19(13-22(30)23(27)31)18-7-5-6-8-20(18)28-21/h5-8,16-17,22,28H,9-15H2,1-4H3,(H2,27,31)/t16?,17?,22-/m0/s1. The van der Waals surface area contributed by atoms with Gasteiger partial charge in [-0.2, -0.15) is 0 Å². The van der Waals surface area contributed by atoms with Gasteiger partial charge < -0.3 is 25.3 Å². The minimum atomic E-state index is -0.629.